The molecule has 5 rings (SSSR count). The lowest BCUT2D eigenvalue weighted by Gasteiger charge is -2.38. The van der Waals surface area contributed by atoms with Crippen molar-refractivity contribution < 1.29 is 14.3 Å². The number of nitrogens with one attached hydrogen (secondary N) is 1. The lowest BCUT2D eigenvalue weighted by Crippen LogP contribution is -2.45. The van der Waals surface area contributed by atoms with Gasteiger partial charge in [-0.3, -0.25) is 9.59 Å². The summed E-state index contributed by atoms with van der Waals surface area (Å²) in [7, 11) is 1.67. The van der Waals surface area contributed by atoms with Crippen molar-refractivity contribution in [3.8, 4) is 5.75 Å². The molecule has 1 atom stereocenters. The second-order valence-corrected chi connectivity index (χ2v) is 12.1. The van der Waals surface area contributed by atoms with Crippen LogP contribution >= 0.6 is 11.6 Å². The van der Waals surface area contributed by atoms with Gasteiger partial charge in [0.05, 0.1) is 18.6 Å². The first-order valence-electron chi connectivity index (χ1n) is 14.7. The third kappa shape index (κ3) is 6.78. The van der Waals surface area contributed by atoms with Crippen LogP contribution in [0.2, 0.25) is 5.02 Å². The zero-order valence-electron chi connectivity index (χ0n) is 23.2. The molecule has 0 radical (unpaired) electrons. The molecule has 2 amide bonds. The largest absolute Gasteiger partial charge is 0.497 e. The number of piperidine rings is 1. The monoisotopic (exact) mass is 551 g/mol. The third-order valence-corrected chi connectivity index (χ3v) is 9.46. The summed E-state index contributed by atoms with van der Waals surface area (Å²) in [5.41, 5.74) is 1.99. The Labute approximate surface area is 238 Å². The normalized spacial score (nSPS) is 20.8. The smallest absolute Gasteiger partial charge is 0.229 e. The number of carbonyl (C=O) groups is 2. The van der Waals surface area contributed by atoms with E-state index in [4.69, 9.17) is 16.3 Å². The van der Waals surface area contributed by atoms with E-state index in [0.29, 0.717) is 17.5 Å². The molecule has 3 fully saturated rings. The van der Waals surface area contributed by atoms with Crippen LogP contribution < -0.4 is 10.1 Å². The summed E-state index contributed by atoms with van der Waals surface area (Å²) in [5.74, 6) is 1.46. The van der Waals surface area contributed by atoms with Crippen molar-refractivity contribution in [2.24, 2.45) is 11.3 Å². The van der Waals surface area contributed by atoms with Crippen LogP contribution in [0.15, 0.2) is 48.5 Å². The molecule has 2 saturated heterocycles. The highest BCUT2D eigenvalue weighted by Gasteiger charge is 2.47. The standard InChI is InChI=1S/C32H42ClN3O3/c1-39-28-12-10-24(11-13-28)23-36-21-17-32(31(36)38)15-19-35(20-16-32)18-14-29(26-8-5-9-27(33)22-26)34-30(37)25-6-3-2-4-7-25/h5,8-13,22,25,29H,2-4,6-7,14-21,23H2,1H3,(H,34,37). The SMILES string of the molecule is COc1ccc(CN2CCC3(CCN(CCC(NC(=O)C4CCCCC4)c4cccc(Cl)c4)CC3)C2=O)cc1. The zero-order valence-corrected chi connectivity index (χ0v) is 23.9. The van der Waals surface area contributed by atoms with Crippen LogP contribution in [0.1, 0.15) is 75.0 Å². The molecule has 2 aromatic rings. The van der Waals surface area contributed by atoms with E-state index in [-0.39, 0.29) is 23.3 Å². The van der Waals surface area contributed by atoms with Gasteiger partial charge < -0.3 is 19.9 Å². The van der Waals surface area contributed by atoms with E-state index >= 15 is 0 Å². The molecule has 1 N–H and O–H groups in total. The number of halogens is 1. The van der Waals surface area contributed by atoms with Crippen LogP contribution in [-0.2, 0) is 16.1 Å². The first kappa shape index (κ1) is 28.0. The molecule has 6 nitrogen and oxygen atoms in total. The van der Waals surface area contributed by atoms with Crippen molar-refractivity contribution in [1.29, 1.82) is 0 Å². The summed E-state index contributed by atoms with van der Waals surface area (Å²) in [6.07, 6.45) is 9.10. The summed E-state index contributed by atoms with van der Waals surface area (Å²) in [5, 5.41) is 4.07. The number of rotatable bonds is 9. The Morgan fingerprint density at radius 3 is 2.46 bits per heavy atom. The molecule has 1 aliphatic carbocycles. The summed E-state index contributed by atoms with van der Waals surface area (Å²) in [6, 6.07) is 15.8. The fourth-order valence-electron chi connectivity index (χ4n) is 6.68. The van der Waals surface area contributed by atoms with E-state index in [1.165, 1.54) is 6.42 Å². The predicted octanol–water partition coefficient (Wildman–Crippen LogP) is 5.99. The Morgan fingerprint density at radius 1 is 1.05 bits per heavy atom. The van der Waals surface area contributed by atoms with Gasteiger partial charge in [0, 0.05) is 30.6 Å². The zero-order chi connectivity index (χ0) is 27.2. The fourth-order valence-corrected chi connectivity index (χ4v) is 6.87. The van der Waals surface area contributed by atoms with Crippen molar-refractivity contribution >= 4 is 23.4 Å². The van der Waals surface area contributed by atoms with Crippen LogP contribution in [0.3, 0.4) is 0 Å². The third-order valence-electron chi connectivity index (χ3n) is 9.22. The number of ether oxygens (including phenoxy) is 1. The van der Waals surface area contributed by atoms with Gasteiger partial charge in [0.1, 0.15) is 5.75 Å². The molecule has 2 aromatic carbocycles. The Hall–Kier alpha value is -2.57. The molecule has 1 unspecified atom stereocenters. The fraction of sp³-hybridized carbons (Fsp3) is 0.562. The van der Waals surface area contributed by atoms with Gasteiger partial charge in [-0.05, 0) is 87.0 Å². The maximum Gasteiger partial charge on any atom is 0.229 e. The minimum Gasteiger partial charge on any atom is -0.497 e. The maximum atomic E-state index is 13.5. The summed E-state index contributed by atoms with van der Waals surface area (Å²) in [6.45, 7) is 4.22. The number of nitrogens with zero attached hydrogens (tertiary/aromatic N) is 2. The molecule has 1 spiro atoms. The summed E-state index contributed by atoms with van der Waals surface area (Å²) in [4.78, 5) is 31.1. The molecular weight excluding hydrogens is 510 g/mol. The highest BCUT2D eigenvalue weighted by atomic mass is 35.5. The molecule has 0 aromatic heterocycles. The molecule has 7 heteroatoms. The molecular formula is C32H42ClN3O3. The van der Waals surface area contributed by atoms with E-state index in [1.54, 1.807) is 7.11 Å². The van der Waals surface area contributed by atoms with Gasteiger partial charge in [-0.25, -0.2) is 0 Å². The van der Waals surface area contributed by atoms with Gasteiger partial charge in [-0.1, -0.05) is 55.1 Å². The van der Waals surface area contributed by atoms with Gasteiger partial charge in [0.25, 0.3) is 0 Å². The Balaban J connectivity index is 1.15. The van der Waals surface area contributed by atoms with Crippen LogP contribution in [0.5, 0.6) is 5.75 Å². The minimum absolute atomic E-state index is 0.0536. The Morgan fingerprint density at radius 2 is 1.77 bits per heavy atom. The topological polar surface area (TPSA) is 61.9 Å². The quantitative estimate of drug-likeness (QED) is 0.416. The predicted molar refractivity (Wildman–Crippen MR) is 155 cm³/mol. The van der Waals surface area contributed by atoms with Gasteiger partial charge in [-0.2, -0.15) is 0 Å². The lowest BCUT2D eigenvalue weighted by molar-refractivity contribution is -0.139. The second-order valence-electron chi connectivity index (χ2n) is 11.7. The summed E-state index contributed by atoms with van der Waals surface area (Å²) >= 11 is 6.32. The van der Waals surface area contributed by atoms with Crippen molar-refractivity contribution in [3.05, 3.63) is 64.7 Å². The number of hydrogen-bond acceptors (Lipinski definition) is 4. The van der Waals surface area contributed by atoms with E-state index < -0.39 is 0 Å². The number of carbonyl (C=O) groups excluding carboxylic acids is 2. The molecule has 2 aliphatic heterocycles. The number of hydrogen-bond donors (Lipinski definition) is 1. The number of benzene rings is 2. The van der Waals surface area contributed by atoms with Crippen molar-refractivity contribution in [1.82, 2.24) is 15.1 Å². The maximum absolute atomic E-state index is 13.5. The highest BCUT2D eigenvalue weighted by molar-refractivity contribution is 6.30. The minimum atomic E-state index is -0.218. The second kappa shape index (κ2) is 12.7. The van der Waals surface area contributed by atoms with Crippen LogP contribution in [0.4, 0.5) is 0 Å². The van der Waals surface area contributed by atoms with E-state index in [1.807, 2.05) is 47.4 Å². The molecule has 210 valence electrons. The Kier molecular flexibility index (Phi) is 9.13. The average molecular weight is 552 g/mol. The lowest BCUT2D eigenvalue weighted by atomic mass is 9.77. The molecule has 2 heterocycles. The highest BCUT2D eigenvalue weighted by Crippen LogP contribution is 2.42. The molecule has 1 saturated carbocycles. The van der Waals surface area contributed by atoms with Crippen LogP contribution in [0, 0.1) is 11.3 Å². The number of methoxy groups -OCH3 is 1. The van der Waals surface area contributed by atoms with Gasteiger partial charge in [-0.15, -0.1) is 0 Å². The molecule has 39 heavy (non-hydrogen) atoms. The van der Waals surface area contributed by atoms with Gasteiger partial charge in [0.2, 0.25) is 11.8 Å². The number of likely N-dealkylation sites (tertiary alicyclic amines) is 2. The molecule has 0 bridgehead atoms. The first-order chi connectivity index (χ1) is 19.0. The first-order valence-corrected chi connectivity index (χ1v) is 15.0. The average Bonchev–Trinajstić information content (AvgIpc) is 3.26. The molecule has 3 aliphatic rings. The van der Waals surface area contributed by atoms with E-state index in [0.717, 1.165) is 94.4 Å². The van der Waals surface area contributed by atoms with Crippen LogP contribution in [0.25, 0.3) is 0 Å². The van der Waals surface area contributed by atoms with Crippen molar-refractivity contribution in [3.63, 3.8) is 0 Å². The van der Waals surface area contributed by atoms with Crippen LogP contribution in [-0.4, -0.2) is 54.9 Å². The Bertz CT molecular complexity index is 1120. The number of amides is 2. The van der Waals surface area contributed by atoms with Gasteiger partial charge >= 0.3 is 0 Å². The van der Waals surface area contributed by atoms with E-state index in [9.17, 15) is 9.59 Å². The van der Waals surface area contributed by atoms with Crippen molar-refractivity contribution in [2.75, 3.05) is 33.3 Å². The summed E-state index contributed by atoms with van der Waals surface area (Å²) < 4.78 is 5.26. The van der Waals surface area contributed by atoms with Gasteiger partial charge in [0.15, 0.2) is 0 Å². The van der Waals surface area contributed by atoms with E-state index in [2.05, 4.69) is 16.3 Å². The van der Waals surface area contributed by atoms with Crippen molar-refractivity contribution in [2.45, 2.75) is 70.4 Å².